The fraction of sp³-hybridized carbons (Fsp3) is 0.0714. The molecule has 90 valence electrons. The minimum absolute atomic E-state index is 0.0416. The van der Waals surface area contributed by atoms with E-state index in [1.807, 2.05) is 12.2 Å². The quantitative estimate of drug-likeness (QED) is 0.462. The summed E-state index contributed by atoms with van der Waals surface area (Å²) in [5.74, 6) is -0.0536. The van der Waals surface area contributed by atoms with Crippen molar-refractivity contribution in [3.8, 4) is 0 Å². The van der Waals surface area contributed by atoms with Crippen molar-refractivity contribution in [1.82, 2.24) is 0 Å². The van der Waals surface area contributed by atoms with E-state index >= 15 is 0 Å². The number of hydrogen-bond acceptors (Lipinski definition) is 3. The maximum absolute atomic E-state index is 11.7. The molecule has 18 heavy (non-hydrogen) atoms. The average Bonchev–Trinajstić information content (AvgIpc) is 2.90. The van der Waals surface area contributed by atoms with E-state index in [2.05, 4.69) is 0 Å². The number of nitro groups is 1. The lowest BCUT2D eigenvalue weighted by atomic mass is 10.1. The molecule has 2 rings (SSSR count). The van der Waals surface area contributed by atoms with Crippen molar-refractivity contribution >= 4 is 17.5 Å². The molecule has 4 nitrogen and oxygen atoms in total. The summed E-state index contributed by atoms with van der Waals surface area (Å²) in [6.07, 6.45) is 9.51. The van der Waals surface area contributed by atoms with Gasteiger partial charge >= 0.3 is 0 Å². The van der Waals surface area contributed by atoms with Crippen LogP contribution in [0.2, 0.25) is 0 Å². The molecule has 0 N–H and O–H groups in total. The summed E-state index contributed by atoms with van der Waals surface area (Å²) in [6, 6.07) is 6.05. The molecular weight excluding hydrogens is 230 g/mol. The van der Waals surface area contributed by atoms with Crippen LogP contribution in [0.15, 0.2) is 54.1 Å². The molecule has 0 saturated heterocycles. The molecule has 0 amide bonds. The monoisotopic (exact) mass is 241 g/mol. The maximum atomic E-state index is 11.7. The van der Waals surface area contributed by atoms with Crippen LogP contribution in [0.1, 0.15) is 12.0 Å². The topological polar surface area (TPSA) is 60.2 Å². The molecule has 0 fully saturated rings. The number of benzene rings is 1. The Morgan fingerprint density at radius 2 is 2.00 bits per heavy atom. The number of non-ortho nitro benzene ring substituents is 1. The van der Waals surface area contributed by atoms with Gasteiger partial charge in [0.1, 0.15) is 0 Å². The number of ketones is 1. The Balaban J connectivity index is 2.07. The van der Waals surface area contributed by atoms with Crippen molar-refractivity contribution in [1.29, 1.82) is 0 Å². The molecule has 0 unspecified atom stereocenters. The number of nitro benzene ring substituents is 1. The summed E-state index contributed by atoms with van der Waals surface area (Å²) in [6.45, 7) is 0. The van der Waals surface area contributed by atoms with E-state index < -0.39 is 4.92 Å². The Morgan fingerprint density at radius 1 is 1.28 bits per heavy atom. The fourth-order valence-corrected chi connectivity index (χ4v) is 1.62. The minimum atomic E-state index is -0.452. The first-order valence-corrected chi connectivity index (χ1v) is 5.50. The van der Waals surface area contributed by atoms with Crippen molar-refractivity contribution in [2.24, 2.45) is 0 Å². The van der Waals surface area contributed by atoms with Crippen LogP contribution in [0.5, 0.6) is 0 Å². The van der Waals surface area contributed by atoms with E-state index in [0.717, 1.165) is 12.0 Å². The van der Waals surface area contributed by atoms with Crippen LogP contribution in [-0.2, 0) is 4.79 Å². The molecule has 1 aliphatic rings. The third-order valence-corrected chi connectivity index (χ3v) is 2.59. The highest BCUT2D eigenvalue weighted by molar-refractivity contribution is 6.08. The summed E-state index contributed by atoms with van der Waals surface area (Å²) >= 11 is 0. The van der Waals surface area contributed by atoms with Crippen molar-refractivity contribution in [3.05, 3.63) is 69.8 Å². The van der Waals surface area contributed by atoms with Gasteiger partial charge in [-0.15, -0.1) is 0 Å². The predicted molar refractivity (Wildman–Crippen MR) is 69.0 cm³/mol. The SMILES string of the molecule is O=C(/C=C/c1ccc([N+](=O)[O-])cc1)C1=CCC=C1. The zero-order chi connectivity index (χ0) is 13.0. The summed E-state index contributed by atoms with van der Waals surface area (Å²) < 4.78 is 0. The highest BCUT2D eigenvalue weighted by Crippen LogP contribution is 2.14. The Labute approximate surface area is 104 Å². The molecule has 0 heterocycles. The highest BCUT2D eigenvalue weighted by atomic mass is 16.6. The minimum Gasteiger partial charge on any atom is -0.289 e. The zero-order valence-corrected chi connectivity index (χ0v) is 9.58. The number of carbonyl (C=O) groups is 1. The van der Waals surface area contributed by atoms with Crippen molar-refractivity contribution in [2.45, 2.75) is 6.42 Å². The third-order valence-electron chi connectivity index (χ3n) is 2.59. The maximum Gasteiger partial charge on any atom is 0.269 e. The first-order valence-electron chi connectivity index (χ1n) is 5.50. The number of hydrogen-bond donors (Lipinski definition) is 0. The largest absolute Gasteiger partial charge is 0.289 e. The number of carbonyl (C=O) groups excluding carboxylic acids is 1. The van der Waals surface area contributed by atoms with Gasteiger partial charge in [0.15, 0.2) is 5.78 Å². The van der Waals surface area contributed by atoms with E-state index in [4.69, 9.17) is 0 Å². The van der Waals surface area contributed by atoms with Gasteiger partial charge < -0.3 is 0 Å². The van der Waals surface area contributed by atoms with Gasteiger partial charge in [-0.1, -0.05) is 24.3 Å². The van der Waals surface area contributed by atoms with Gasteiger partial charge in [0.25, 0.3) is 5.69 Å². The van der Waals surface area contributed by atoms with Crippen LogP contribution < -0.4 is 0 Å². The second-order valence-electron chi connectivity index (χ2n) is 3.84. The second kappa shape index (κ2) is 5.23. The fourth-order valence-electron chi connectivity index (χ4n) is 1.62. The van der Waals surface area contributed by atoms with Crippen LogP contribution in [0.4, 0.5) is 5.69 Å². The molecule has 0 atom stereocenters. The Bertz CT molecular complexity index is 565. The molecule has 1 aromatic carbocycles. The molecule has 0 bridgehead atoms. The van der Waals surface area contributed by atoms with Crippen LogP contribution in [0.25, 0.3) is 6.08 Å². The molecule has 1 aromatic rings. The Hall–Kier alpha value is -2.49. The Morgan fingerprint density at radius 3 is 2.56 bits per heavy atom. The molecule has 0 aliphatic heterocycles. The van der Waals surface area contributed by atoms with Crippen LogP contribution in [-0.4, -0.2) is 10.7 Å². The van der Waals surface area contributed by atoms with Gasteiger partial charge in [-0.3, -0.25) is 14.9 Å². The molecule has 0 radical (unpaired) electrons. The summed E-state index contributed by atoms with van der Waals surface area (Å²) in [7, 11) is 0. The van der Waals surface area contributed by atoms with Gasteiger partial charge in [0.2, 0.25) is 0 Å². The lowest BCUT2D eigenvalue weighted by molar-refractivity contribution is -0.384. The molecule has 1 aliphatic carbocycles. The van der Waals surface area contributed by atoms with Crippen molar-refractivity contribution < 1.29 is 9.72 Å². The lowest BCUT2D eigenvalue weighted by Crippen LogP contribution is -1.93. The molecular formula is C14H11NO3. The van der Waals surface area contributed by atoms with Crippen molar-refractivity contribution in [3.63, 3.8) is 0 Å². The predicted octanol–water partition coefficient (Wildman–Crippen LogP) is 3.06. The van der Waals surface area contributed by atoms with Gasteiger partial charge in [-0.25, -0.2) is 0 Å². The molecule has 4 heteroatoms. The third kappa shape index (κ3) is 2.79. The van der Waals surface area contributed by atoms with Gasteiger partial charge in [0, 0.05) is 17.7 Å². The van der Waals surface area contributed by atoms with E-state index in [1.54, 1.807) is 24.3 Å². The summed E-state index contributed by atoms with van der Waals surface area (Å²) in [5.41, 5.74) is 1.49. The number of allylic oxidation sites excluding steroid dienone is 5. The standard InChI is InChI=1S/C14H11NO3/c16-14(12-3-1-2-4-12)10-7-11-5-8-13(9-6-11)15(17)18/h1,3-10H,2H2/b10-7+. The van der Waals surface area contributed by atoms with Crippen LogP contribution in [0, 0.1) is 10.1 Å². The second-order valence-corrected chi connectivity index (χ2v) is 3.84. The lowest BCUT2D eigenvalue weighted by Gasteiger charge is -1.94. The van der Waals surface area contributed by atoms with Gasteiger partial charge in [-0.2, -0.15) is 0 Å². The normalized spacial score (nSPS) is 13.9. The van der Waals surface area contributed by atoms with Crippen molar-refractivity contribution in [2.75, 3.05) is 0 Å². The van der Waals surface area contributed by atoms with E-state index in [9.17, 15) is 14.9 Å². The van der Waals surface area contributed by atoms with Gasteiger partial charge in [-0.05, 0) is 30.2 Å². The Kier molecular flexibility index (Phi) is 3.48. The molecule has 0 saturated carbocycles. The van der Waals surface area contributed by atoms with Gasteiger partial charge in [0.05, 0.1) is 4.92 Å². The number of nitrogens with zero attached hydrogens (tertiary/aromatic N) is 1. The van der Waals surface area contributed by atoms with E-state index in [0.29, 0.717) is 5.57 Å². The smallest absolute Gasteiger partial charge is 0.269 e. The highest BCUT2D eigenvalue weighted by Gasteiger charge is 2.05. The van der Waals surface area contributed by atoms with Crippen LogP contribution >= 0.6 is 0 Å². The average molecular weight is 241 g/mol. The first-order chi connectivity index (χ1) is 8.66. The molecule has 0 aromatic heterocycles. The number of rotatable bonds is 4. The first kappa shape index (κ1) is 12.0. The summed E-state index contributed by atoms with van der Waals surface area (Å²) in [4.78, 5) is 21.7. The molecule has 0 spiro atoms. The van der Waals surface area contributed by atoms with E-state index in [-0.39, 0.29) is 11.5 Å². The zero-order valence-electron chi connectivity index (χ0n) is 9.58. The van der Waals surface area contributed by atoms with Crippen LogP contribution in [0.3, 0.4) is 0 Å². The summed E-state index contributed by atoms with van der Waals surface area (Å²) in [5, 5.41) is 10.5. The van der Waals surface area contributed by atoms with E-state index in [1.165, 1.54) is 18.2 Å².